The lowest BCUT2D eigenvalue weighted by molar-refractivity contribution is -0.137. The van der Waals surface area contributed by atoms with E-state index in [1.54, 1.807) is 0 Å². The lowest BCUT2D eigenvalue weighted by Gasteiger charge is -2.26. The predicted molar refractivity (Wildman–Crippen MR) is 74.5 cm³/mol. The van der Waals surface area contributed by atoms with Crippen LogP contribution in [0.3, 0.4) is 0 Å². The van der Waals surface area contributed by atoms with Gasteiger partial charge < -0.3 is 15.1 Å². The molecule has 0 radical (unpaired) electrons. The molecule has 0 aliphatic heterocycles. The van der Waals surface area contributed by atoms with Crippen molar-refractivity contribution in [2.24, 2.45) is 11.7 Å². The number of amides is 1. The summed E-state index contributed by atoms with van der Waals surface area (Å²) in [4.78, 5) is 14.5. The smallest absolute Gasteiger partial charge is 0.227 e. The van der Waals surface area contributed by atoms with E-state index in [0.717, 1.165) is 37.2 Å². The molecule has 1 saturated carbocycles. The molecule has 1 unspecified atom stereocenters. The second kappa shape index (κ2) is 6.24. The van der Waals surface area contributed by atoms with E-state index in [-0.39, 0.29) is 11.8 Å². The highest BCUT2D eigenvalue weighted by molar-refractivity contribution is 5.79. The molecule has 1 atom stereocenters. The van der Waals surface area contributed by atoms with Gasteiger partial charge >= 0.3 is 0 Å². The molecule has 1 amide bonds. The Balaban J connectivity index is 2.04. The fraction of sp³-hybridized carbons (Fsp3) is 0.667. The van der Waals surface area contributed by atoms with Crippen molar-refractivity contribution in [3.05, 3.63) is 23.7 Å². The summed E-state index contributed by atoms with van der Waals surface area (Å²) in [6.45, 7) is 5.03. The summed E-state index contributed by atoms with van der Waals surface area (Å²) < 4.78 is 5.59. The zero-order chi connectivity index (χ0) is 13.8. The number of rotatable bonds is 7. The van der Waals surface area contributed by atoms with Gasteiger partial charge in [-0.2, -0.15) is 0 Å². The number of nitrogens with zero attached hydrogens (tertiary/aromatic N) is 1. The first-order valence-corrected chi connectivity index (χ1v) is 7.21. The van der Waals surface area contributed by atoms with Crippen LogP contribution in [0.5, 0.6) is 0 Å². The molecule has 106 valence electrons. The van der Waals surface area contributed by atoms with Crippen molar-refractivity contribution in [3.63, 3.8) is 0 Å². The highest BCUT2D eigenvalue weighted by Gasteiger charge is 2.35. The Morgan fingerprint density at radius 3 is 2.74 bits per heavy atom. The maximum Gasteiger partial charge on any atom is 0.227 e. The topological polar surface area (TPSA) is 59.5 Å². The summed E-state index contributed by atoms with van der Waals surface area (Å²) in [7, 11) is 0. The van der Waals surface area contributed by atoms with Crippen LogP contribution in [0.15, 0.2) is 16.5 Å². The van der Waals surface area contributed by atoms with Gasteiger partial charge in [-0.3, -0.25) is 4.79 Å². The number of carbonyl (C=O) groups is 1. The molecular weight excluding hydrogens is 240 g/mol. The summed E-state index contributed by atoms with van der Waals surface area (Å²) >= 11 is 0. The number of carbonyl (C=O) groups excluding carboxylic acids is 1. The summed E-state index contributed by atoms with van der Waals surface area (Å²) in [6, 6.07) is 4.29. The van der Waals surface area contributed by atoms with E-state index >= 15 is 0 Å². The number of furan rings is 1. The predicted octanol–water partition coefficient (Wildman–Crippen LogP) is 2.45. The van der Waals surface area contributed by atoms with Gasteiger partial charge in [0.2, 0.25) is 5.91 Å². The lowest BCUT2D eigenvalue weighted by atomic mass is 10.0. The van der Waals surface area contributed by atoms with Crippen molar-refractivity contribution < 1.29 is 9.21 Å². The Morgan fingerprint density at radius 2 is 2.26 bits per heavy atom. The monoisotopic (exact) mass is 264 g/mol. The Labute approximate surface area is 114 Å². The zero-order valence-electron chi connectivity index (χ0n) is 11.9. The molecule has 2 rings (SSSR count). The molecule has 1 heterocycles. The first-order chi connectivity index (χ1) is 9.15. The molecule has 0 aromatic carbocycles. The third-order valence-electron chi connectivity index (χ3n) is 3.66. The van der Waals surface area contributed by atoms with Crippen LogP contribution in [0, 0.1) is 12.8 Å². The van der Waals surface area contributed by atoms with Gasteiger partial charge in [0, 0.05) is 12.6 Å². The lowest BCUT2D eigenvalue weighted by Crippen LogP contribution is -2.40. The Kier molecular flexibility index (Phi) is 4.64. The first-order valence-electron chi connectivity index (χ1n) is 7.21. The van der Waals surface area contributed by atoms with Crippen molar-refractivity contribution in [2.45, 2.75) is 52.1 Å². The van der Waals surface area contributed by atoms with Crippen molar-refractivity contribution in [3.8, 4) is 0 Å². The van der Waals surface area contributed by atoms with Gasteiger partial charge in [0.15, 0.2) is 0 Å². The molecule has 0 spiro atoms. The van der Waals surface area contributed by atoms with Gasteiger partial charge in [0.1, 0.15) is 11.5 Å². The maximum atomic E-state index is 12.6. The molecule has 1 aliphatic carbocycles. The standard InChI is InChI=1S/C15H24N2O2/c1-3-4-12(9-16)15(18)17(13-6-7-13)10-14-8-5-11(2)19-14/h5,8,12-13H,3-4,6-7,9-10,16H2,1-2H3. The van der Waals surface area contributed by atoms with Gasteiger partial charge in [-0.05, 0) is 38.3 Å². The van der Waals surface area contributed by atoms with Crippen molar-refractivity contribution >= 4 is 5.91 Å². The normalized spacial score (nSPS) is 16.4. The van der Waals surface area contributed by atoms with Gasteiger partial charge in [0.25, 0.3) is 0 Å². The van der Waals surface area contributed by atoms with Crippen LogP contribution in [0.2, 0.25) is 0 Å². The van der Waals surface area contributed by atoms with Crippen molar-refractivity contribution in [1.82, 2.24) is 4.90 Å². The molecule has 1 aromatic rings. The van der Waals surface area contributed by atoms with E-state index in [1.807, 2.05) is 24.0 Å². The molecule has 0 bridgehead atoms. The molecule has 0 saturated heterocycles. The van der Waals surface area contributed by atoms with E-state index < -0.39 is 0 Å². The van der Waals surface area contributed by atoms with E-state index in [1.165, 1.54) is 0 Å². The average Bonchev–Trinajstić information content (AvgIpc) is 3.16. The summed E-state index contributed by atoms with van der Waals surface area (Å²) in [5.74, 6) is 1.91. The summed E-state index contributed by atoms with van der Waals surface area (Å²) in [6.07, 6.45) is 4.07. The van der Waals surface area contributed by atoms with Gasteiger partial charge in [-0.1, -0.05) is 13.3 Å². The van der Waals surface area contributed by atoms with Crippen LogP contribution in [-0.2, 0) is 11.3 Å². The molecule has 4 heteroatoms. The second-order valence-corrected chi connectivity index (χ2v) is 5.43. The minimum absolute atomic E-state index is 0.0401. The van der Waals surface area contributed by atoms with E-state index in [9.17, 15) is 4.79 Å². The van der Waals surface area contributed by atoms with E-state index in [2.05, 4.69) is 6.92 Å². The molecule has 4 nitrogen and oxygen atoms in total. The SMILES string of the molecule is CCCC(CN)C(=O)N(Cc1ccc(C)o1)C1CC1. The Bertz CT molecular complexity index is 424. The quantitative estimate of drug-likeness (QED) is 0.823. The van der Waals surface area contributed by atoms with E-state index in [4.69, 9.17) is 10.2 Å². The molecule has 2 N–H and O–H groups in total. The maximum absolute atomic E-state index is 12.6. The van der Waals surface area contributed by atoms with E-state index in [0.29, 0.717) is 19.1 Å². The van der Waals surface area contributed by atoms with Crippen molar-refractivity contribution in [1.29, 1.82) is 0 Å². The van der Waals surface area contributed by atoms with Crippen LogP contribution in [0.1, 0.15) is 44.1 Å². The van der Waals surface area contributed by atoms with Gasteiger partial charge in [0.05, 0.1) is 12.5 Å². The van der Waals surface area contributed by atoms with Gasteiger partial charge in [-0.25, -0.2) is 0 Å². The van der Waals surface area contributed by atoms with Crippen LogP contribution < -0.4 is 5.73 Å². The number of aryl methyl sites for hydroxylation is 1. The molecule has 1 aromatic heterocycles. The summed E-state index contributed by atoms with van der Waals surface area (Å²) in [5.41, 5.74) is 5.74. The van der Waals surface area contributed by atoms with Crippen LogP contribution in [-0.4, -0.2) is 23.4 Å². The Morgan fingerprint density at radius 1 is 1.53 bits per heavy atom. The summed E-state index contributed by atoms with van der Waals surface area (Å²) in [5, 5.41) is 0. The molecule has 1 aliphatic rings. The Hall–Kier alpha value is -1.29. The highest BCUT2D eigenvalue weighted by atomic mass is 16.3. The van der Waals surface area contributed by atoms with Crippen molar-refractivity contribution in [2.75, 3.05) is 6.54 Å². The third-order valence-corrected chi connectivity index (χ3v) is 3.66. The number of nitrogens with two attached hydrogens (primary N) is 1. The largest absolute Gasteiger partial charge is 0.464 e. The zero-order valence-corrected chi connectivity index (χ0v) is 11.9. The fourth-order valence-corrected chi connectivity index (χ4v) is 2.44. The highest BCUT2D eigenvalue weighted by Crippen LogP contribution is 2.30. The third kappa shape index (κ3) is 3.60. The van der Waals surface area contributed by atoms with Crippen LogP contribution >= 0.6 is 0 Å². The molecule has 19 heavy (non-hydrogen) atoms. The number of hydrogen-bond donors (Lipinski definition) is 1. The molecule has 1 fully saturated rings. The van der Waals surface area contributed by atoms with Crippen LogP contribution in [0.25, 0.3) is 0 Å². The fourth-order valence-electron chi connectivity index (χ4n) is 2.44. The van der Waals surface area contributed by atoms with Gasteiger partial charge in [-0.15, -0.1) is 0 Å². The van der Waals surface area contributed by atoms with Crippen LogP contribution in [0.4, 0.5) is 0 Å². The average molecular weight is 264 g/mol. The second-order valence-electron chi connectivity index (χ2n) is 5.43. The molecular formula is C15H24N2O2. The minimum atomic E-state index is -0.0401. The number of hydrogen-bond acceptors (Lipinski definition) is 3. The minimum Gasteiger partial charge on any atom is -0.464 e. The first kappa shape index (κ1) is 14.1.